The molecule has 0 bridgehead atoms. The average molecular weight is 378 g/mol. The van der Waals surface area contributed by atoms with Crippen molar-refractivity contribution < 1.29 is 0 Å². The normalized spacial score (nSPS) is 11.8. The number of nitrogens with one attached hydrogen (secondary N) is 2. The fourth-order valence-electron chi connectivity index (χ4n) is 2.66. The molecule has 3 rings (SSSR count). The van der Waals surface area contributed by atoms with Crippen LogP contribution < -0.4 is 16.4 Å². The number of rotatable bonds is 3. The summed E-state index contributed by atoms with van der Waals surface area (Å²) in [5, 5.41) is 4.58. The summed E-state index contributed by atoms with van der Waals surface area (Å²) < 4.78 is 1.57. The Morgan fingerprint density at radius 2 is 1.88 bits per heavy atom. The molecule has 2 aromatic heterocycles. The van der Waals surface area contributed by atoms with Crippen molar-refractivity contribution in [3.8, 4) is 0 Å². The van der Waals surface area contributed by atoms with Crippen LogP contribution in [-0.4, -0.2) is 9.55 Å². The van der Waals surface area contributed by atoms with E-state index in [1.54, 1.807) is 41.9 Å². The van der Waals surface area contributed by atoms with Crippen LogP contribution in [0.1, 0.15) is 24.2 Å². The molecule has 0 fully saturated rings. The Bertz CT molecular complexity index is 1040. The molecule has 0 spiro atoms. The number of benzene rings is 1. The molecular formula is C18H20ClN3O2S. The van der Waals surface area contributed by atoms with Gasteiger partial charge in [-0.15, -0.1) is 0 Å². The topological polar surface area (TPSA) is 66.9 Å². The predicted molar refractivity (Wildman–Crippen MR) is 108 cm³/mol. The van der Waals surface area contributed by atoms with Gasteiger partial charge in [0, 0.05) is 34.2 Å². The van der Waals surface area contributed by atoms with Crippen LogP contribution in [0.4, 0.5) is 5.69 Å². The molecule has 0 aliphatic carbocycles. The van der Waals surface area contributed by atoms with E-state index in [2.05, 4.69) is 10.3 Å². The summed E-state index contributed by atoms with van der Waals surface area (Å²) in [6.07, 6.45) is 0. The molecule has 3 aromatic rings. The molecule has 5 nitrogen and oxygen atoms in total. The predicted octanol–water partition coefficient (Wildman–Crippen LogP) is 3.47. The monoisotopic (exact) mass is 377 g/mol. The largest absolute Gasteiger partial charge is 0.374 e. The van der Waals surface area contributed by atoms with Crippen LogP contribution in [0.2, 0.25) is 5.02 Å². The molecule has 25 heavy (non-hydrogen) atoms. The second-order valence-electron chi connectivity index (χ2n) is 5.90. The van der Waals surface area contributed by atoms with Gasteiger partial charge in [0.15, 0.2) is 0 Å². The van der Waals surface area contributed by atoms with Gasteiger partial charge in [-0.3, -0.25) is 9.59 Å². The molecule has 0 saturated heterocycles. The molecule has 0 aliphatic heterocycles. The van der Waals surface area contributed by atoms with Crippen LogP contribution in [0.25, 0.3) is 10.9 Å². The zero-order chi connectivity index (χ0) is 17.4. The third-order valence-electron chi connectivity index (χ3n) is 4.23. The van der Waals surface area contributed by atoms with Gasteiger partial charge in [0.05, 0.1) is 6.04 Å². The summed E-state index contributed by atoms with van der Waals surface area (Å²) in [6.45, 7) is 3.71. The summed E-state index contributed by atoms with van der Waals surface area (Å²) >= 11 is 6.02. The lowest BCUT2D eigenvalue weighted by Gasteiger charge is -2.16. The number of anilines is 1. The number of aryl methyl sites for hydroxylation is 1. The molecule has 0 radical (unpaired) electrons. The fourth-order valence-corrected chi connectivity index (χ4v) is 2.85. The highest BCUT2D eigenvalue weighted by atomic mass is 35.5. The Hall–Kier alpha value is -2.18. The number of H-pyrrole nitrogens is 1. The van der Waals surface area contributed by atoms with Gasteiger partial charge in [-0.1, -0.05) is 11.6 Å². The standard InChI is InChI=1S/C18H18ClN3O2.H2S/c1-10-4-6-16(18(24)22(10)3)20-11(2)14-9-12-8-13(19)5-7-15(12)21-17(14)23;/h4-9,11,20H,1-3H3,(H,21,23);1H2/t11-;/m0./s1. The van der Waals surface area contributed by atoms with Crippen LogP contribution in [0, 0.1) is 6.92 Å². The van der Waals surface area contributed by atoms with Crippen LogP contribution in [0.3, 0.4) is 0 Å². The first kappa shape index (κ1) is 19.1. The van der Waals surface area contributed by atoms with Crippen molar-refractivity contribution >= 4 is 41.7 Å². The molecule has 0 amide bonds. The van der Waals surface area contributed by atoms with Crippen molar-refractivity contribution in [1.29, 1.82) is 0 Å². The maximum absolute atomic E-state index is 12.3. The summed E-state index contributed by atoms with van der Waals surface area (Å²) in [5.41, 5.74) is 2.30. The van der Waals surface area contributed by atoms with Gasteiger partial charge in [-0.2, -0.15) is 13.5 Å². The molecule has 2 heterocycles. The van der Waals surface area contributed by atoms with Gasteiger partial charge < -0.3 is 14.9 Å². The summed E-state index contributed by atoms with van der Waals surface area (Å²) in [4.78, 5) is 27.5. The first-order valence-corrected chi connectivity index (χ1v) is 8.00. The van der Waals surface area contributed by atoms with Gasteiger partial charge in [0.2, 0.25) is 0 Å². The summed E-state index contributed by atoms with van der Waals surface area (Å²) in [5.74, 6) is 0. The minimum Gasteiger partial charge on any atom is -0.374 e. The quantitative estimate of drug-likeness (QED) is 0.734. The number of pyridine rings is 2. The van der Waals surface area contributed by atoms with Crippen molar-refractivity contribution in [2.24, 2.45) is 7.05 Å². The molecule has 132 valence electrons. The number of nitrogens with zero attached hydrogens (tertiary/aromatic N) is 1. The number of aromatic amines is 1. The molecule has 0 aliphatic rings. The molecular weight excluding hydrogens is 358 g/mol. The van der Waals surface area contributed by atoms with E-state index >= 15 is 0 Å². The van der Waals surface area contributed by atoms with E-state index in [9.17, 15) is 9.59 Å². The van der Waals surface area contributed by atoms with Crippen LogP contribution in [-0.2, 0) is 7.05 Å². The first-order valence-electron chi connectivity index (χ1n) is 7.62. The third-order valence-corrected chi connectivity index (χ3v) is 4.46. The number of fused-ring (bicyclic) bond motifs is 1. The highest BCUT2D eigenvalue weighted by Crippen LogP contribution is 2.21. The van der Waals surface area contributed by atoms with Crippen molar-refractivity contribution in [3.63, 3.8) is 0 Å². The second-order valence-corrected chi connectivity index (χ2v) is 6.34. The lowest BCUT2D eigenvalue weighted by Crippen LogP contribution is -2.26. The Labute approximate surface area is 157 Å². The van der Waals surface area contributed by atoms with Crippen LogP contribution >= 0.6 is 25.1 Å². The number of halogens is 1. The number of aromatic nitrogens is 2. The van der Waals surface area contributed by atoms with Gasteiger partial charge in [0.25, 0.3) is 11.1 Å². The molecule has 1 aromatic carbocycles. The fraction of sp³-hybridized carbons (Fsp3) is 0.222. The van der Waals surface area contributed by atoms with Crippen LogP contribution in [0.5, 0.6) is 0 Å². The molecule has 2 N–H and O–H groups in total. The highest BCUT2D eigenvalue weighted by Gasteiger charge is 2.13. The van der Waals surface area contributed by atoms with Crippen LogP contribution in [0.15, 0.2) is 46.0 Å². The number of hydrogen-bond acceptors (Lipinski definition) is 3. The zero-order valence-electron chi connectivity index (χ0n) is 14.2. The smallest absolute Gasteiger partial charge is 0.273 e. The average Bonchev–Trinajstić information content (AvgIpc) is 2.55. The summed E-state index contributed by atoms with van der Waals surface area (Å²) in [7, 11) is 1.72. The van der Waals surface area contributed by atoms with Gasteiger partial charge in [-0.25, -0.2) is 0 Å². The minimum atomic E-state index is -0.326. The van der Waals surface area contributed by atoms with E-state index in [-0.39, 0.29) is 30.7 Å². The first-order chi connectivity index (χ1) is 11.4. The Morgan fingerprint density at radius 1 is 1.16 bits per heavy atom. The summed E-state index contributed by atoms with van der Waals surface area (Å²) in [6, 6.07) is 10.4. The van der Waals surface area contributed by atoms with E-state index in [0.29, 0.717) is 16.3 Å². The zero-order valence-corrected chi connectivity index (χ0v) is 15.9. The Balaban J connectivity index is 0.00000225. The molecule has 0 saturated carbocycles. The lowest BCUT2D eigenvalue weighted by molar-refractivity contribution is 0.803. The van der Waals surface area contributed by atoms with E-state index < -0.39 is 0 Å². The van der Waals surface area contributed by atoms with E-state index in [1.165, 1.54) is 0 Å². The lowest BCUT2D eigenvalue weighted by atomic mass is 10.1. The number of hydrogen-bond donors (Lipinski definition) is 2. The van der Waals surface area contributed by atoms with E-state index in [0.717, 1.165) is 16.6 Å². The maximum Gasteiger partial charge on any atom is 0.273 e. The highest BCUT2D eigenvalue weighted by molar-refractivity contribution is 7.59. The maximum atomic E-state index is 12.3. The van der Waals surface area contributed by atoms with Crippen molar-refractivity contribution in [2.75, 3.05) is 5.32 Å². The van der Waals surface area contributed by atoms with Crippen molar-refractivity contribution in [3.05, 3.63) is 73.4 Å². The molecule has 7 heteroatoms. The Kier molecular flexibility index (Phi) is 5.65. The molecule has 1 atom stereocenters. The van der Waals surface area contributed by atoms with Crippen molar-refractivity contribution in [1.82, 2.24) is 9.55 Å². The van der Waals surface area contributed by atoms with Crippen molar-refractivity contribution in [2.45, 2.75) is 19.9 Å². The van der Waals surface area contributed by atoms with Gasteiger partial charge >= 0.3 is 0 Å². The SMILES string of the molecule is Cc1ccc(N[C@@H](C)c2cc3cc(Cl)ccc3[nH]c2=O)c(=O)n1C.S. The van der Waals surface area contributed by atoms with Gasteiger partial charge in [0.1, 0.15) is 5.69 Å². The minimum absolute atomic E-state index is 0. The van der Waals surface area contributed by atoms with Gasteiger partial charge in [-0.05, 0) is 50.2 Å². The third kappa shape index (κ3) is 3.75. The Morgan fingerprint density at radius 3 is 2.60 bits per heavy atom. The van der Waals surface area contributed by atoms with E-state index in [4.69, 9.17) is 11.6 Å². The van der Waals surface area contributed by atoms with E-state index in [1.807, 2.05) is 19.9 Å². The second kappa shape index (κ2) is 7.37. The molecule has 0 unspecified atom stereocenters.